The van der Waals surface area contributed by atoms with Crippen LogP contribution in [0.4, 0.5) is 5.69 Å². The third-order valence-electron chi connectivity index (χ3n) is 4.57. The summed E-state index contributed by atoms with van der Waals surface area (Å²) in [5.41, 5.74) is 6.89. The fraction of sp³-hybridized carbons (Fsp3) is 0.250. The summed E-state index contributed by atoms with van der Waals surface area (Å²) in [6, 6.07) is 14.0. The molecule has 1 unspecified atom stereocenters. The zero-order chi connectivity index (χ0) is 19.4. The fourth-order valence-corrected chi connectivity index (χ4v) is 3.09. The predicted octanol–water partition coefficient (Wildman–Crippen LogP) is 1.78. The van der Waals surface area contributed by atoms with Gasteiger partial charge in [-0.05, 0) is 29.8 Å². The number of hydrogen-bond donors (Lipinski definition) is 2. The van der Waals surface area contributed by atoms with Gasteiger partial charge in [-0.25, -0.2) is 0 Å². The Balaban J connectivity index is 1.64. The lowest BCUT2D eigenvalue weighted by Gasteiger charge is -2.17. The Labute approximate surface area is 157 Å². The van der Waals surface area contributed by atoms with E-state index in [1.807, 2.05) is 24.3 Å². The number of benzene rings is 2. The Morgan fingerprint density at radius 2 is 1.89 bits per heavy atom. The van der Waals surface area contributed by atoms with Gasteiger partial charge < -0.3 is 20.7 Å². The summed E-state index contributed by atoms with van der Waals surface area (Å²) >= 11 is 0. The average molecular weight is 367 g/mol. The van der Waals surface area contributed by atoms with Crippen molar-refractivity contribution in [1.82, 2.24) is 4.90 Å². The van der Waals surface area contributed by atoms with Crippen molar-refractivity contribution >= 4 is 23.4 Å². The van der Waals surface area contributed by atoms with E-state index in [2.05, 4.69) is 5.32 Å². The fourth-order valence-electron chi connectivity index (χ4n) is 3.09. The molecule has 2 aromatic rings. The van der Waals surface area contributed by atoms with Crippen molar-refractivity contribution < 1.29 is 19.1 Å². The third kappa shape index (κ3) is 4.25. The lowest BCUT2D eigenvalue weighted by molar-refractivity contribution is -0.128. The summed E-state index contributed by atoms with van der Waals surface area (Å²) < 4.78 is 5.13. The van der Waals surface area contributed by atoms with Gasteiger partial charge in [-0.2, -0.15) is 0 Å². The zero-order valence-corrected chi connectivity index (χ0v) is 15.0. The molecule has 27 heavy (non-hydrogen) atoms. The normalized spacial score (nSPS) is 16.3. The molecule has 7 heteroatoms. The van der Waals surface area contributed by atoms with Crippen LogP contribution in [0.5, 0.6) is 5.75 Å². The van der Waals surface area contributed by atoms with E-state index in [1.54, 1.807) is 36.3 Å². The molecule has 1 aliphatic heterocycles. The van der Waals surface area contributed by atoms with Gasteiger partial charge >= 0.3 is 0 Å². The van der Waals surface area contributed by atoms with E-state index in [0.717, 1.165) is 11.3 Å². The summed E-state index contributed by atoms with van der Waals surface area (Å²) in [6.07, 6.45) is 0.140. The van der Waals surface area contributed by atoms with Crippen LogP contribution in [0.1, 0.15) is 22.3 Å². The van der Waals surface area contributed by atoms with Crippen LogP contribution in [-0.4, -0.2) is 36.3 Å². The van der Waals surface area contributed by atoms with Crippen molar-refractivity contribution in [3.8, 4) is 5.75 Å². The van der Waals surface area contributed by atoms with Crippen molar-refractivity contribution in [2.24, 2.45) is 11.7 Å². The first-order chi connectivity index (χ1) is 13.0. The van der Waals surface area contributed by atoms with Crippen LogP contribution in [0, 0.1) is 5.92 Å². The molecule has 1 aliphatic rings. The van der Waals surface area contributed by atoms with Crippen molar-refractivity contribution in [1.29, 1.82) is 0 Å². The second-order valence-electron chi connectivity index (χ2n) is 6.42. The molecule has 1 fully saturated rings. The lowest BCUT2D eigenvalue weighted by Crippen LogP contribution is -2.28. The molecule has 140 valence electrons. The molecule has 0 saturated carbocycles. The molecule has 3 N–H and O–H groups in total. The quantitative estimate of drug-likeness (QED) is 0.812. The zero-order valence-electron chi connectivity index (χ0n) is 15.0. The Morgan fingerprint density at radius 1 is 1.19 bits per heavy atom. The summed E-state index contributed by atoms with van der Waals surface area (Å²) in [5.74, 6) is -0.716. The molecule has 0 radical (unpaired) electrons. The number of rotatable bonds is 6. The number of amides is 3. The highest BCUT2D eigenvalue weighted by Gasteiger charge is 2.34. The van der Waals surface area contributed by atoms with Gasteiger partial charge in [-0.1, -0.05) is 24.3 Å². The van der Waals surface area contributed by atoms with Gasteiger partial charge in [0, 0.05) is 19.5 Å². The van der Waals surface area contributed by atoms with Crippen LogP contribution >= 0.6 is 0 Å². The smallest absolute Gasteiger partial charge is 0.250 e. The lowest BCUT2D eigenvalue weighted by atomic mass is 10.1. The maximum absolute atomic E-state index is 12.6. The molecular formula is C20H21N3O4. The van der Waals surface area contributed by atoms with Crippen molar-refractivity contribution in [3.63, 3.8) is 0 Å². The van der Waals surface area contributed by atoms with E-state index in [4.69, 9.17) is 10.5 Å². The molecule has 1 heterocycles. The molecule has 2 aromatic carbocycles. The summed E-state index contributed by atoms with van der Waals surface area (Å²) in [4.78, 5) is 38.0. The second kappa shape index (κ2) is 7.90. The minimum Gasteiger partial charge on any atom is -0.497 e. The van der Waals surface area contributed by atoms with Crippen molar-refractivity contribution in [3.05, 3.63) is 59.7 Å². The first kappa shape index (κ1) is 18.4. The van der Waals surface area contributed by atoms with Crippen LogP contribution in [0.15, 0.2) is 48.5 Å². The molecule has 0 spiro atoms. The number of primary amides is 1. The summed E-state index contributed by atoms with van der Waals surface area (Å²) in [5, 5.41) is 2.72. The minimum absolute atomic E-state index is 0.0749. The molecule has 1 saturated heterocycles. The number of carbonyl (C=O) groups is 3. The van der Waals surface area contributed by atoms with Gasteiger partial charge in [0.05, 0.1) is 24.3 Å². The Hall–Kier alpha value is -3.35. The Bertz CT molecular complexity index is 864. The van der Waals surface area contributed by atoms with Gasteiger partial charge in [0.15, 0.2) is 0 Å². The monoisotopic (exact) mass is 367 g/mol. The number of anilines is 1. The molecule has 3 amide bonds. The number of nitrogens with one attached hydrogen (secondary N) is 1. The number of para-hydroxylation sites is 1. The van der Waals surface area contributed by atoms with E-state index in [1.165, 1.54) is 0 Å². The second-order valence-corrected chi connectivity index (χ2v) is 6.42. The third-order valence-corrected chi connectivity index (χ3v) is 4.57. The van der Waals surface area contributed by atoms with Gasteiger partial charge in [-0.3, -0.25) is 14.4 Å². The van der Waals surface area contributed by atoms with Gasteiger partial charge in [0.2, 0.25) is 11.8 Å². The average Bonchev–Trinajstić information content (AvgIpc) is 3.03. The van der Waals surface area contributed by atoms with Crippen molar-refractivity contribution in [2.75, 3.05) is 19.0 Å². The van der Waals surface area contributed by atoms with E-state index in [0.29, 0.717) is 18.8 Å². The van der Waals surface area contributed by atoms with Crippen LogP contribution < -0.4 is 15.8 Å². The van der Waals surface area contributed by atoms with E-state index >= 15 is 0 Å². The summed E-state index contributed by atoms with van der Waals surface area (Å²) in [7, 11) is 1.60. The van der Waals surface area contributed by atoms with Crippen LogP contribution in [0.2, 0.25) is 0 Å². The standard InChI is InChI=1S/C20H21N3O4/c1-27-15-8-6-13(7-9-15)11-23-12-14(10-18(23)24)20(26)22-17-5-3-2-4-16(17)19(21)25/h2-9,14H,10-12H2,1H3,(H2,21,25)(H,22,26). The van der Waals surface area contributed by atoms with Crippen molar-refractivity contribution in [2.45, 2.75) is 13.0 Å². The minimum atomic E-state index is -0.616. The molecule has 1 atom stereocenters. The summed E-state index contributed by atoms with van der Waals surface area (Å²) in [6.45, 7) is 0.764. The molecule has 0 bridgehead atoms. The molecule has 0 aliphatic carbocycles. The number of methoxy groups -OCH3 is 1. The maximum atomic E-state index is 12.6. The van der Waals surface area contributed by atoms with Crippen LogP contribution in [0.3, 0.4) is 0 Å². The van der Waals surface area contributed by atoms with E-state index < -0.39 is 11.8 Å². The molecule has 7 nitrogen and oxygen atoms in total. The maximum Gasteiger partial charge on any atom is 0.250 e. The highest BCUT2D eigenvalue weighted by molar-refractivity contribution is 6.04. The number of nitrogens with two attached hydrogens (primary N) is 1. The van der Waals surface area contributed by atoms with E-state index in [9.17, 15) is 14.4 Å². The highest BCUT2D eigenvalue weighted by atomic mass is 16.5. The Kier molecular flexibility index (Phi) is 5.40. The molecule has 0 aromatic heterocycles. The number of ether oxygens (including phenoxy) is 1. The first-order valence-electron chi connectivity index (χ1n) is 8.58. The number of hydrogen-bond acceptors (Lipinski definition) is 4. The molecular weight excluding hydrogens is 346 g/mol. The van der Waals surface area contributed by atoms with Gasteiger partial charge in [-0.15, -0.1) is 0 Å². The topological polar surface area (TPSA) is 102 Å². The highest BCUT2D eigenvalue weighted by Crippen LogP contribution is 2.23. The number of likely N-dealkylation sites (tertiary alicyclic amines) is 1. The SMILES string of the molecule is COc1ccc(CN2CC(C(=O)Nc3ccccc3C(N)=O)CC2=O)cc1. The predicted molar refractivity (Wildman–Crippen MR) is 100 cm³/mol. The van der Waals surface area contributed by atoms with Gasteiger partial charge in [0.1, 0.15) is 5.75 Å². The van der Waals surface area contributed by atoms with Crippen LogP contribution in [0.25, 0.3) is 0 Å². The first-order valence-corrected chi connectivity index (χ1v) is 8.58. The molecule has 3 rings (SSSR count). The van der Waals surface area contributed by atoms with E-state index in [-0.39, 0.29) is 23.8 Å². The number of nitrogens with zero attached hydrogens (tertiary/aromatic N) is 1. The van der Waals surface area contributed by atoms with Crippen LogP contribution in [-0.2, 0) is 16.1 Å². The largest absolute Gasteiger partial charge is 0.497 e. The van der Waals surface area contributed by atoms with Gasteiger partial charge in [0.25, 0.3) is 5.91 Å². The Morgan fingerprint density at radius 3 is 2.56 bits per heavy atom. The number of carbonyl (C=O) groups excluding carboxylic acids is 3.